The molecular formula is C35H41N3O10. The highest BCUT2D eigenvalue weighted by molar-refractivity contribution is 6.09. The van der Waals surface area contributed by atoms with Crippen LogP contribution in [0.2, 0.25) is 0 Å². The van der Waals surface area contributed by atoms with Gasteiger partial charge in [-0.1, -0.05) is 29.4 Å². The molecule has 1 N–H and O–H groups in total. The molecule has 2 fully saturated rings. The normalized spacial score (nSPS) is 18.5. The van der Waals surface area contributed by atoms with Crippen LogP contribution in [-0.4, -0.2) is 63.1 Å². The van der Waals surface area contributed by atoms with Gasteiger partial charge in [-0.05, 0) is 85.7 Å². The van der Waals surface area contributed by atoms with Crippen molar-refractivity contribution in [1.29, 1.82) is 0 Å². The van der Waals surface area contributed by atoms with Gasteiger partial charge in [-0.15, -0.1) is 0 Å². The number of azide groups is 1. The standard InChI is InChI=1S/C35H41N3O10/c1-3-43-33(41)22-26(27(39)14-10-24-12-16-29(31(20-24)42-2)47-34-8-4-6-18-44-34)28(40)15-11-25-13-17-30(32(21-25)46-23-37-38-36)48-35-9-5-7-19-45-35/h10-17,20-21,34-35,40H,3-9,18-19,22-23H2,1-2H3/b14-10+,15-11+,28-26-. The third-order valence-corrected chi connectivity index (χ3v) is 7.38. The number of allylic oxidation sites excluding steroid dienone is 2. The molecule has 0 saturated carbocycles. The first-order chi connectivity index (χ1) is 23.4. The molecule has 2 saturated heterocycles. The largest absolute Gasteiger partial charge is 0.508 e. The summed E-state index contributed by atoms with van der Waals surface area (Å²) in [5.41, 5.74) is 9.71. The molecule has 0 aliphatic carbocycles. The molecule has 48 heavy (non-hydrogen) atoms. The average Bonchev–Trinajstić information content (AvgIpc) is 3.11. The predicted octanol–water partition coefficient (Wildman–Crippen LogP) is 7.21. The van der Waals surface area contributed by atoms with Gasteiger partial charge in [-0.2, -0.15) is 0 Å². The van der Waals surface area contributed by atoms with Gasteiger partial charge in [0.25, 0.3) is 0 Å². The predicted molar refractivity (Wildman–Crippen MR) is 176 cm³/mol. The van der Waals surface area contributed by atoms with E-state index in [1.165, 1.54) is 19.3 Å². The highest BCUT2D eigenvalue weighted by Crippen LogP contribution is 2.33. The van der Waals surface area contributed by atoms with Gasteiger partial charge in [0.2, 0.25) is 0 Å². The molecule has 0 aromatic heterocycles. The van der Waals surface area contributed by atoms with Crippen molar-refractivity contribution in [2.24, 2.45) is 5.11 Å². The zero-order valence-electron chi connectivity index (χ0n) is 27.2. The minimum Gasteiger partial charge on any atom is -0.508 e. The monoisotopic (exact) mass is 663 g/mol. The van der Waals surface area contributed by atoms with E-state index in [9.17, 15) is 14.7 Å². The van der Waals surface area contributed by atoms with Crippen LogP contribution in [0.15, 0.2) is 65.0 Å². The molecule has 2 heterocycles. The molecule has 256 valence electrons. The first-order valence-electron chi connectivity index (χ1n) is 15.9. The Kier molecular flexibility index (Phi) is 14.2. The van der Waals surface area contributed by atoms with Crippen LogP contribution in [0.4, 0.5) is 0 Å². The van der Waals surface area contributed by atoms with Gasteiger partial charge >= 0.3 is 5.97 Å². The van der Waals surface area contributed by atoms with E-state index in [-0.39, 0.29) is 25.2 Å². The van der Waals surface area contributed by atoms with Crippen LogP contribution in [0.5, 0.6) is 23.0 Å². The lowest BCUT2D eigenvalue weighted by Gasteiger charge is -2.24. The van der Waals surface area contributed by atoms with Crippen molar-refractivity contribution in [3.8, 4) is 23.0 Å². The number of aliphatic hydroxyl groups is 1. The van der Waals surface area contributed by atoms with E-state index in [0.717, 1.165) is 38.5 Å². The summed E-state index contributed by atoms with van der Waals surface area (Å²) in [5, 5.41) is 14.4. The Morgan fingerprint density at radius 3 is 2.08 bits per heavy atom. The quantitative estimate of drug-likeness (QED) is 0.0368. The molecule has 0 spiro atoms. The number of ether oxygens (including phenoxy) is 7. The summed E-state index contributed by atoms with van der Waals surface area (Å²) in [7, 11) is 1.52. The van der Waals surface area contributed by atoms with E-state index in [4.69, 9.17) is 38.7 Å². The number of ketones is 1. The highest BCUT2D eigenvalue weighted by atomic mass is 16.7. The summed E-state index contributed by atoms with van der Waals surface area (Å²) < 4.78 is 39.4. The maximum Gasteiger partial charge on any atom is 0.310 e. The number of nitrogens with zero attached hydrogens (tertiary/aromatic N) is 3. The molecule has 2 atom stereocenters. The summed E-state index contributed by atoms with van der Waals surface area (Å²) in [4.78, 5) is 28.4. The number of carbonyl (C=O) groups excluding carboxylic acids is 2. The van der Waals surface area contributed by atoms with Crippen LogP contribution in [0.25, 0.3) is 22.6 Å². The maximum absolute atomic E-state index is 13.3. The number of carbonyl (C=O) groups is 2. The smallest absolute Gasteiger partial charge is 0.310 e. The molecule has 0 bridgehead atoms. The second-order valence-electron chi connectivity index (χ2n) is 10.8. The van der Waals surface area contributed by atoms with Crippen LogP contribution in [0.1, 0.15) is 63.0 Å². The van der Waals surface area contributed by atoms with Crippen molar-refractivity contribution in [1.82, 2.24) is 0 Å². The summed E-state index contributed by atoms with van der Waals surface area (Å²) >= 11 is 0. The molecule has 2 aliphatic rings. The zero-order chi connectivity index (χ0) is 34.1. The Balaban J connectivity index is 1.54. The maximum atomic E-state index is 13.3. The van der Waals surface area contributed by atoms with E-state index >= 15 is 0 Å². The van der Waals surface area contributed by atoms with Gasteiger partial charge in [0.1, 0.15) is 5.76 Å². The number of hydrogen-bond acceptors (Lipinski definition) is 11. The first kappa shape index (κ1) is 35.9. The Hall–Kier alpha value is -4.97. The van der Waals surface area contributed by atoms with Crippen molar-refractivity contribution < 1.29 is 47.9 Å². The first-order valence-corrected chi connectivity index (χ1v) is 15.9. The van der Waals surface area contributed by atoms with Gasteiger partial charge in [-0.3, -0.25) is 9.59 Å². The fourth-order valence-corrected chi connectivity index (χ4v) is 4.95. The van der Waals surface area contributed by atoms with E-state index in [1.54, 1.807) is 55.5 Å². The molecule has 2 aromatic rings. The Bertz CT molecular complexity index is 1540. The highest BCUT2D eigenvalue weighted by Gasteiger charge is 2.20. The lowest BCUT2D eigenvalue weighted by atomic mass is 10.0. The second-order valence-corrected chi connectivity index (χ2v) is 10.8. The number of rotatable bonds is 16. The van der Waals surface area contributed by atoms with Crippen LogP contribution in [0.3, 0.4) is 0 Å². The molecule has 2 aliphatic heterocycles. The zero-order valence-corrected chi connectivity index (χ0v) is 27.2. The van der Waals surface area contributed by atoms with Gasteiger partial charge in [0, 0.05) is 17.8 Å². The average molecular weight is 664 g/mol. The van der Waals surface area contributed by atoms with Crippen molar-refractivity contribution in [2.45, 2.75) is 64.4 Å². The summed E-state index contributed by atoms with van der Waals surface area (Å²) in [5.74, 6) is 0.0141. The second kappa shape index (κ2) is 19.0. The Morgan fingerprint density at radius 1 is 0.917 bits per heavy atom. The lowest BCUT2D eigenvalue weighted by molar-refractivity contribution is -0.142. The number of esters is 1. The van der Waals surface area contributed by atoms with E-state index in [0.29, 0.717) is 47.3 Å². The molecule has 0 amide bonds. The molecule has 13 nitrogen and oxygen atoms in total. The van der Waals surface area contributed by atoms with E-state index in [2.05, 4.69) is 10.0 Å². The fourth-order valence-electron chi connectivity index (χ4n) is 4.95. The molecule has 2 unspecified atom stereocenters. The van der Waals surface area contributed by atoms with E-state index in [1.807, 2.05) is 0 Å². The topological polar surface area (TPSA) is 168 Å². The van der Waals surface area contributed by atoms with Gasteiger partial charge < -0.3 is 38.3 Å². The van der Waals surface area contributed by atoms with Crippen molar-refractivity contribution in [3.63, 3.8) is 0 Å². The fraction of sp³-hybridized carbons (Fsp3) is 0.429. The minimum atomic E-state index is -0.664. The molecule has 2 aromatic carbocycles. The van der Waals surface area contributed by atoms with Crippen LogP contribution >= 0.6 is 0 Å². The number of benzene rings is 2. The Labute approximate surface area is 279 Å². The van der Waals surface area contributed by atoms with Gasteiger partial charge in [0.15, 0.2) is 48.1 Å². The van der Waals surface area contributed by atoms with Crippen molar-refractivity contribution >= 4 is 23.9 Å². The third-order valence-electron chi connectivity index (χ3n) is 7.38. The molecule has 4 rings (SSSR count). The van der Waals surface area contributed by atoms with Crippen molar-refractivity contribution in [2.75, 3.05) is 33.7 Å². The lowest BCUT2D eigenvalue weighted by Crippen LogP contribution is -2.25. The number of aliphatic hydroxyl groups excluding tert-OH is 1. The summed E-state index contributed by atoms with van der Waals surface area (Å²) in [6.45, 7) is 2.74. The number of methoxy groups -OCH3 is 1. The summed E-state index contributed by atoms with van der Waals surface area (Å²) in [6, 6.07) is 10.2. The third kappa shape index (κ3) is 11.1. The minimum absolute atomic E-state index is 0.117. The number of hydrogen-bond donors (Lipinski definition) is 1. The molecule has 13 heteroatoms. The van der Waals surface area contributed by atoms with Gasteiger partial charge in [-0.25, -0.2) is 0 Å². The van der Waals surface area contributed by atoms with Crippen LogP contribution in [-0.2, 0) is 23.8 Å². The molecular weight excluding hydrogens is 622 g/mol. The molecule has 0 radical (unpaired) electrons. The van der Waals surface area contributed by atoms with Crippen LogP contribution in [0, 0.1) is 0 Å². The Morgan fingerprint density at radius 2 is 1.52 bits per heavy atom. The van der Waals surface area contributed by atoms with Gasteiger partial charge in [0.05, 0.1) is 38.9 Å². The van der Waals surface area contributed by atoms with E-state index < -0.39 is 30.2 Å². The van der Waals surface area contributed by atoms with Crippen molar-refractivity contribution in [3.05, 3.63) is 81.5 Å². The SMILES string of the molecule is CCOC(=O)C/C(C(=O)/C=C/c1ccc(OC2CCCCO2)c(OC)c1)=C(O)\C=C\c1ccc(OC2CCCCO2)c(OCN=[N+]=[N-])c1. The summed E-state index contributed by atoms with van der Waals surface area (Å²) in [6.07, 6.45) is 9.91. The van der Waals surface area contributed by atoms with Crippen LogP contribution < -0.4 is 18.9 Å².